The van der Waals surface area contributed by atoms with Crippen molar-refractivity contribution in [2.45, 2.75) is 32.7 Å². The summed E-state index contributed by atoms with van der Waals surface area (Å²) in [6.07, 6.45) is 4.29. The van der Waals surface area contributed by atoms with E-state index in [2.05, 4.69) is 19.2 Å². The van der Waals surface area contributed by atoms with E-state index in [1.165, 1.54) is 25.0 Å². The zero-order chi connectivity index (χ0) is 13.1. The molecule has 1 aliphatic carbocycles. The molecule has 2 rings (SSSR count). The fourth-order valence-electron chi connectivity index (χ4n) is 1.79. The highest BCUT2D eigenvalue weighted by molar-refractivity contribution is 5.54. The van der Waals surface area contributed by atoms with Crippen LogP contribution in [-0.2, 0) is 0 Å². The first kappa shape index (κ1) is 13.2. The largest absolute Gasteiger partial charge is 0.310 e. The quantitative estimate of drug-likeness (QED) is 0.840. The Labute approximate surface area is 107 Å². The normalized spacial score (nSPS) is 16.4. The molecule has 1 nitrogen and oxygen atoms in total. The number of rotatable bonds is 5. The molecular formula is C15H19F2N. The summed E-state index contributed by atoms with van der Waals surface area (Å²) in [4.78, 5) is 0. The molecule has 0 atom stereocenters. The Morgan fingerprint density at radius 3 is 2.67 bits per heavy atom. The molecule has 1 fully saturated rings. The zero-order valence-electron chi connectivity index (χ0n) is 10.8. The van der Waals surface area contributed by atoms with E-state index >= 15 is 0 Å². The lowest BCUT2D eigenvalue weighted by atomic mass is 10.00. The van der Waals surface area contributed by atoms with Gasteiger partial charge in [-0.15, -0.1) is 0 Å². The highest BCUT2D eigenvalue weighted by Crippen LogP contribution is 2.21. The summed E-state index contributed by atoms with van der Waals surface area (Å²) in [6, 6.07) is 4.34. The Morgan fingerprint density at radius 2 is 2.11 bits per heavy atom. The lowest BCUT2D eigenvalue weighted by Crippen LogP contribution is -2.21. The Morgan fingerprint density at radius 1 is 1.39 bits per heavy atom. The minimum atomic E-state index is -0.535. The number of hydrogen-bond donors (Lipinski definition) is 1. The molecule has 0 bridgehead atoms. The van der Waals surface area contributed by atoms with E-state index < -0.39 is 11.6 Å². The maximum Gasteiger partial charge on any atom is 0.133 e. The molecule has 1 aromatic carbocycles. The maximum absolute atomic E-state index is 13.6. The van der Waals surface area contributed by atoms with Crippen molar-refractivity contribution in [2.24, 2.45) is 5.92 Å². The van der Waals surface area contributed by atoms with Gasteiger partial charge in [0.2, 0.25) is 0 Å². The minimum Gasteiger partial charge on any atom is -0.310 e. The topological polar surface area (TPSA) is 12.0 Å². The zero-order valence-corrected chi connectivity index (χ0v) is 10.8. The molecule has 1 saturated carbocycles. The molecule has 98 valence electrons. The van der Waals surface area contributed by atoms with E-state index in [1.807, 2.05) is 6.08 Å². The fourth-order valence-corrected chi connectivity index (χ4v) is 1.79. The summed E-state index contributed by atoms with van der Waals surface area (Å²) in [5.41, 5.74) is 1.60. The summed E-state index contributed by atoms with van der Waals surface area (Å²) in [5, 5.41) is 3.42. The van der Waals surface area contributed by atoms with Crippen LogP contribution in [0.25, 0.3) is 6.08 Å². The molecule has 0 unspecified atom stereocenters. The van der Waals surface area contributed by atoms with Crippen LogP contribution in [-0.4, -0.2) is 12.6 Å². The predicted molar refractivity (Wildman–Crippen MR) is 70.2 cm³/mol. The van der Waals surface area contributed by atoms with Gasteiger partial charge in [0.25, 0.3) is 0 Å². The van der Waals surface area contributed by atoms with E-state index in [-0.39, 0.29) is 0 Å². The van der Waals surface area contributed by atoms with E-state index in [9.17, 15) is 8.78 Å². The average molecular weight is 251 g/mol. The van der Waals surface area contributed by atoms with Crippen LogP contribution in [0, 0.1) is 17.6 Å². The van der Waals surface area contributed by atoms with Gasteiger partial charge in [-0.2, -0.15) is 0 Å². The number of nitrogens with one attached hydrogen (secondary N) is 1. The summed E-state index contributed by atoms with van der Waals surface area (Å²) >= 11 is 0. The summed E-state index contributed by atoms with van der Waals surface area (Å²) < 4.78 is 26.4. The van der Waals surface area contributed by atoms with Crippen molar-refractivity contribution in [1.29, 1.82) is 0 Å². The van der Waals surface area contributed by atoms with Crippen LogP contribution in [0.3, 0.4) is 0 Å². The first-order valence-corrected chi connectivity index (χ1v) is 6.45. The molecule has 0 saturated heterocycles. The van der Waals surface area contributed by atoms with Gasteiger partial charge in [0.1, 0.15) is 11.6 Å². The van der Waals surface area contributed by atoms with Gasteiger partial charge in [0, 0.05) is 24.2 Å². The second kappa shape index (κ2) is 5.61. The molecule has 1 aromatic rings. The van der Waals surface area contributed by atoms with Gasteiger partial charge in [-0.25, -0.2) is 8.78 Å². The van der Waals surface area contributed by atoms with E-state index in [4.69, 9.17) is 0 Å². The SMILES string of the molecule is CC(C)C(=Cc1ccc(F)cc1F)CNC1CC1. The lowest BCUT2D eigenvalue weighted by Gasteiger charge is -2.13. The van der Waals surface area contributed by atoms with Crippen molar-refractivity contribution < 1.29 is 8.78 Å². The third kappa shape index (κ3) is 3.64. The lowest BCUT2D eigenvalue weighted by molar-refractivity contribution is 0.581. The van der Waals surface area contributed by atoms with Crippen molar-refractivity contribution in [3.05, 3.63) is 41.0 Å². The van der Waals surface area contributed by atoms with Crippen LogP contribution >= 0.6 is 0 Å². The summed E-state index contributed by atoms with van der Waals surface area (Å²) in [6.45, 7) is 4.95. The molecule has 0 aliphatic heterocycles. The van der Waals surface area contributed by atoms with Crippen LogP contribution in [0.4, 0.5) is 8.78 Å². The summed E-state index contributed by atoms with van der Waals surface area (Å²) in [5.74, 6) is -0.688. The third-order valence-corrected chi connectivity index (χ3v) is 3.22. The molecule has 0 aromatic heterocycles. The van der Waals surface area contributed by atoms with Crippen LogP contribution in [0.5, 0.6) is 0 Å². The van der Waals surface area contributed by atoms with E-state index in [0.29, 0.717) is 17.5 Å². The molecule has 3 heteroatoms. The van der Waals surface area contributed by atoms with Crippen molar-refractivity contribution in [3.63, 3.8) is 0 Å². The maximum atomic E-state index is 13.6. The molecule has 0 radical (unpaired) electrons. The van der Waals surface area contributed by atoms with Gasteiger partial charge < -0.3 is 5.32 Å². The molecule has 0 heterocycles. The standard InChI is InChI=1S/C15H19F2N/c1-10(2)12(9-18-14-5-6-14)7-11-3-4-13(16)8-15(11)17/h3-4,7-8,10,14,18H,5-6,9H2,1-2H3. The third-order valence-electron chi connectivity index (χ3n) is 3.22. The highest BCUT2D eigenvalue weighted by Gasteiger charge is 2.20. The molecular weight excluding hydrogens is 232 g/mol. The molecule has 1 N–H and O–H groups in total. The molecule has 0 spiro atoms. The van der Waals surface area contributed by atoms with E-state index in [0.717, 1.165) is 18.2 Å². The Balaban J connectivity index is 2.14. The predicted octanol–water partition coefficient (Wildman–Crippen LogP) is 3.76. The second-order valence-electron chi connectivity index (χ2n) is 5.19. The smallest absolute Gasteiger partial charge is 0.133 e. The molecule has 1 aliphatic rings. The van der Waals surface area contributed by atoms with Gasteiger partial charge in [-0.1, -0.05) is 25.5 Å². The van der Waals surface area contributed by atoms with Crippen molar-refractivity contribution in [1.82, 2.24) is 5.32 Å². The first-order chi connectivity index (χ1) is 8.56. The fraction of sp³-hybridized carbons (Fsp3) is 0.467. The first-order valence-electron chi connectivity index (χ1n) is 6.45. The van der Waals surface area contributed by atoms with Crippen LogP contribution in [0.2, 0.25) is 0 Å². The number of halogens is 2. The number of hydrogen-bond acceptors (Lipinski definition) is 1. The van der Waals surface area contributed by atoms with Crippen LogP contribution < -0.4 is 5.32 Å². The van der Waals surface area contributed by atoms with Crippen molar-refractivity contribution in [2.75, 3.05) is 6.54 Å². The van der Waals surface area contributed by atoms with Gasteiger partial charge in [-0.05, 0) is 30.9 Å². The van der Waals surface area contributed by atoms with Crippen molar-refractivity contribution >= 4 is 6.08 Å². The highest BCUT2D eigenvalue weighted by atomic mass is 19.1. The van der Waals surface area contributed by atoms with Gasteiger partial charge in [0.15, 0.2) is 0 Å². The monoisotopic (exact) mass is 251 g/mol. The van der Waals surface area contributed by atoms with Crippen LogP contribution in [0.1, 0.15) is 32.3 Å². The average Bonchev–Trinajstić information content (AvgIpc) is 3.10. The Kier molecular flexibility index (Phi) is 4.12. The van der Waals surface area contributed by atoms with Gasteiger partial charge >= 0.3 is 0 Å². The van der Waals surface area contributed by atoms with Crippen molar-refractivity contribution in [3.8, 4) is 0 Å². The molecule has 0 amide bonds. The van der Waals surface area contributed by atoms with E-state index in [1.54, 1.807) is 0 Å². The summed E-state index contributed by atoms with van der Waals surface area (Å²) in [7, 11) is 0. The Hall–Kier alpha value is -1.22. The Bertz CT molecular complexity index is 448. The molecule has 18 heavy (non-hydrogen) atoms. The number of benzene rings is 1. The van der Waals surface area contributed by atoms with Crippen LogP contribution in [0.15, 0.2) is 23.8 Å². The minimum absolute atomic E-state index is 0.348. The van der Waals surface area contributed by atoms with Gasteiger partial charge in [0.05, 0.1) is 0 Å². The van der Waals surface area contributed by atoms with Gasteiger partial charge in [-0.3, -0.25) is 0 Å². The second-order valence-corrected chi connectivity index (χ2v) is 5.19.